The van der Waals surface area contributed by atoms with E-state index in [0.717, 1.165) is 24.3 Å². The van der Waals surface area contributed by atoms with Gasteiger partial charge in [0, 0.05) is 6.42 Å². The third-order valence-corrected chi connectivity index (χ3v) is 3.62. The molecule has 0 bridgehead atoms. The molecule has 19 heavy (non-hydrogen) atoms. The Labute approximate surface area is 118 Å². The first-order valence-corrected chi connectivity index (χ1v) is 7.28. The summed E-state index contributed by atoms with van der Waals surface area (Å²) >= 11 is 1.71. The fourth-order valence-electron chi connectivity index (χ4n) is 1.87. The summed E-state index contributed by atoms with van der Waals surface area (Å²) in [6.45, 7) is 1.30. The molecule has 2 rings (SSSR count). The first-order valence-electron chi connectivity index (χ1n) is 6.34. The van der Waals surface area contributed by atoms with Crippen molar-refractivity contribution in [3.63, 3.8) is 0 Å². The van der Waals surface area contributed by atoms with Crippen LogP contribution >= 0.6 is 11.3 Å². The van der Waals surface area contributed by atoms with E-state index < -0.39 is 0 Å². The quantitative estimate of drug-likeness (QED) is 0.846. The highest BCUT2D eigenvalue weighted by atomic mass is 32.1. The zero-order valence-corrected chi connectivity index (χ0v) is 11.9. The maximum Gasteiger partial charge on any atom is 0.161 e. The molecule has 0 spiro atoms. The average molecular weight is 277 g/mol. The Kier molecular flexibility index (Phi) is 5.24. The number of thiophene rings is 1. The van der Waals surface area contributed by atoms with E-state index in [1.165, 1.54) is 11.1 Å². The lowest BCUT2D eigenvalue weighted by Gasteiger charge is -2.11. The molecule has 0 fully saturated rings. The smallest absolute Gasteiger partial charge is 0.161 e. The number of methoxy groups -OCH3 is 1. The molecule has 1 heterocycles. The van der Waals surface area contributed by atoms with Crippen LogP contribution in [0.3, 0.4) is 0 Å². The molecule has 2 aromatic rings. The second-order valence-corrected chi connectivity index (χ2v) is 5.03. The molecule has 1 aromatic heterocycles. The third-order valence-electron chi connectivity index (χ3n) is 2.89. The van der Waals surface area contributed by atoms with E-state index >= 15 is 0 Å². The molecule has 0 unspecified atom stereocenters. The van der Waals surface area contributed by atoms with Crippen molar-refractivity contribution in [3.8, 4) is 11.5 Å². The molecule has 0 saturated carbocycles. The fraction of sp³-hybridized carbons (Fsp3) is 0.333. The van der Waals surface area contributed by atoms with E-state index in [1.807, 2.05) is 18.2 Å². The van der Waals surface area contributed by atoms with Crippen LogP contribution in [0, 0.1) is 0 Å². The lowest BCUT2D eigenvalue weighted by atomic mass is 10.1. The van der Waals surface area contributed by atoms with Gasteiger partial charge >= 0.3 is 0 Å². The molecular formula is C15H19NO2S. The van der Waals surface area contributed by atoms with Crippen LogP contribution in [0.5, 0.6) is 11.5 Å². The van der Waals surface area contributed by atoms with Crippen molar-refractivity contribution in [2.75, 3.05) is 20.3 Å². The first-order chi connectivity index (χ1) is 9.33. The third kappa shape index (κ3) is 3.98. The first kappa shape index (κ1) is 13.9. The summed E-state index contributed by atoms with van der Waals surface area (Å²) in [5, 5.41) is 4.22. The average Bonchev–Trinajstić information content (AvgIpc) is 2.93. The number of rotatable bonds is 7. The van der Waals surface area contributed by atoms with Gasteiger partial charge in [-0.3, -0.25) is 0 Å². The maximum absolute atomic E-state index is 5.78. The summed E-state index contributed by atoms with van der Waals surface area (Å²) in [7, 11) is 1.66. The maximum atomic E-state index is 5.78. The highest BCUT2D eigenvalue weighted by molar-refractivity contribution is 7.07. The van der Waals surface area contributed by atoms with Gasteiger partial charge in [0.2, 0.25) is 0 Å². The minimum atomic E-state index is 0.640. The molecule has 0 amide bonds. The summed E-state index contributed by atoms with van der Waals surface area (Å²) in [5.74, 6) is 1.56. The normalized spacial score (nSPS) is 10.4. The number of benzene rings is 1. The molecule has 4 heteroatoms. The molecule has 0 aliphatic heterocycles. The lowest BCUT2D eigenvalue weighted by molar-refractivity contribution is 0.297. The standard InChI is InChI=1S/C15H19NO2S/c1-17-15-10-12(4-7-16)2-3-14(15)18-8-5-13-6-9-19-11-13/h2-3,6,9-11H,4-5,7-8,16H2,1H3. The van der Waals surface area contributed by atoms with E-state index in [1.54, 1.807) is 18.4 Å². The molecule has 0 saturated heterocycles. The van der Waals surface area contributed by atoms with E-state index in [2.05, 4.69) is 16.8 Å². The Balaban J connectivity index is 1.95. The minimum absolute atomic E-state index is 0.640. The van der Waals surface area contributed by atoms with Crippen molar-refractivity contribution in [3.05, 3.63) is 46.2 Å². The number of ether oxygens (including phenoxy) is 2. The van der Waals surface area contributed by atoms with Crippen LogP contribution in [-0.4, -0.2) is 20.3 Å². The predicted molar refractivity (Wildman–Crippen MR) is 79.3 cm³/mol. The summed E-state index contributed by atoms with van der Waals surface area (Å²) in [4.78, 5) is 0. The van der Waals surface area contributed by atoms with Crippen molar-refractivity contribution in [1.82, 2.24) is 0 Å². The monoisotopic (exact) mass is 277 g/mol. The van der Waals surface area contributed by atoms with E-state index in [0.29, 0.717) is 13.2 Å². The number of nitrogens with two attached hydrogens (primary N) is 1. The van der Waals surface area contributed by atoms with Crippen molar-refractivity contribution in [2.24, 2.45) is 5.73 Å². The van der Waals surface area contributed by atoms with Crippen molar-refractivity contribution < 1.29 is 9.47 Å². The summed E-state index contributed by atoms with van der Waals surface area (Å²) < 4.78 is 11.1. The largest absolute Gasteiger partial charge is 0.493 e. The van der Waals surface area contributed by atoms with Gasteiger partial charge in [0.25, 0.3) is 0 Å². The Morgan fingerprint density at radius 2 is 2.00 bits per heavy atom. The molecule has 0 aliphatic carbocycles. The molecule has 0 atom stereocenters. The van der Waals surface area contributed by atoms with Crippen molar-refractivity contribution >= 4 is 11.3 Å². The molecule has 0 aliphatic rings. The van der Waals surface area contributed by atoms with Gasteiger partial charge in [0.15, 0.2) is 11.5 Å². The molecule has 0 radical (unpaired) electrons. The minimum Gasteiger partial charge on any atom is -0.493 e. The van der Waals surface area contributed by atoms with Gasteiger partial charge in [-0.1, -0.05) is 6.07 Å². The van der Waals surface area contributed by atoms with Gasteiger partial charge < -0.3 is 15.2 Å². The molecule has 3 nitrogen and oxygen atoms in total. The van der Waals surface area contributed by atoms with E-state index in [9.17, 15) is 0 Å². The highest BCUT2D eigenvalue weighted by Crippen LogP contribution is 2.28. The number of hydrogen-bond donors (Lipinski definition) is 1. The van der Waals surface area contributed by atoms with Gasteiger partial charge in [-0.25, -0.2) is 0 Å². The summed E-state index contributed by atoms with van der Waals surface area (Å²) in [5.41, 5.74) is 8.03. The molecule has 2 N–H and O–H groups in total. The van der Waals surface area contributed by atoms with Gasteiger partial charge in [0.05, 0.1) is 13.7 Å². The Hall–Kier alpha value is -1.52. The lowest BCUT2D eigenvalue weighted by Crippen LogP contribution is -2.05. The fourth-order valence-corrected chi connectivity index (χ4v) is 2.57. The SMILES string of the molecule is COc1cc(CCN)ccc1OCCc1ccsc1. The van der Waals surface area contributed by atoms with Gasteiger partial charge in [0.1, 0.15) is 0 Å². The zero-order valence-electron chi connectivity index (χ0n) is 11.1. The van der Waals surface area contributed by atoms with E-state index in [-0.39, 0.29) is 0 Å². The van der Waals surface area contributed by atoms with Gasteiger partial charge in [-0.05, 0) is 53.1 Å². The number of hydrogen-bond acceptors (Lipinski definition) is 4. The van der Waals surface area contributed by atoms with E-state index in [4.69, 9.17) is 15.2 Å². The Morgan fingerprint density at radius 1 is 1.11 bits per heavy atom. The second-order valence-electron chi connectivity index (χ2n) is 4.25. The highest BCUT2D eigenvalue weighted by Gasteiger charge is 2.05. The molecular weight excluding hydrogens is 258 g/mol. The van der Waals surface area contributed by atoms with Crippen LogP contribution in [0.25, 0.3) is 0 Å². The topological polar surface area (TPSA) is 44.5 Å². The van der Waals surface area contributed by atoms with Crippen molar-refractivity contribution in [2.45, 2.75) is 12.8 Å². The summed E-state index contributed by atoms with van der Waals surface area (Å²) in [6.07, 6.45) is 1.77. The van der Waals surface area contributed by atoms with Crippen molar-refractivity contribution in [1.29, 1.82) is 0 Å². The van der Waals surface area contributed by atoms with Crippen LogP contribution in [-0.2, 0) is 12.8 Å². The predicted octanol–water partition coefficient (Wildman–Crippen LogP) is 2.88. The second kappa shape index (κ2) is 7.16. The van der Waals surface area contributed by atoms with Crippen LogP contribution < -0.4 is 15.2 Å². The Bertz CT molecular complexity index is 497. The van der Waals surface area contributed by atoms with Gasteiger partial charge in [-0.15, -0.1) is 0 Å². The van der Waals surface area contributed by atoms with Crippen LogP contribution in [0.15, 0.2) is 35.0 Å². The van der Waals surface area contributed by atoms with Gasteiger partial charge in [-0.2, -0.15) is 11.3 Å². The van der Waals surface area contributed by atoms with Crippen LogP contribution in [0.2, 0.25) is 0 Å². The molecule has 102 valence electrons. The molecule has 1 aromatic carbocycles. The van der Waals surface area contributed by atoms with Crippen LogP contribution in [0.1, 0.15) is 11.1 Å². The zero-order chi connectivity index (χ0) is 13.5. The van der Waals surface area contributed by atoms with Crippen LogP contribution in [0.4, 0.5) is 0 Å². The Morgan fingerprint density at radius 3 is 2.68 bits per heavy atom. The summed E-state index contributed by atoms with van der Waals surface area (Å²) in [6, 6.07) is 8.11.